The quantitative estimate of drug-likeness (QED) is 0.596. The molecule has 0 aliphatic heterocycles. The lowest BCUT2D eigenvalue weighted by Crippen LogP contribution is -2.16. The van der Waals surface area contributed by atoms with Gasteiger partial charge >= 0.3 is 5.69 Å². The Morgan fingerprint density at radius 1 is 1.35 bits per heavy atom. The molecule has 6 heteroatoms. The first-order chi connectivity index (χ1) is 11.2. The van der Waals surface area contributed by atoms with E-state index in [9.17, 15) is 9.59 Å². The van der Waals surface area contributed by atoms with E-state index in [1.165, 1.54) is 30.2 Å². The second kappa shape index (κ2) is 7.17. The lowest BCUT2D eigenvalue weighted by Gasteiger charge is -2.04. The summed E-state index contributed by atoms with van der Waals surface area (Å²) >= 11 is 1.33. The van der Waals surface area contributed by atoms with Gasteiger partial charge in [-0.15, -0.1) is 5.10 Å². The zero-order valence-corrected chi connectivity index (χ0v) is 14.1. The molecule has 2 aromatic rings. The molecule has 0 spiro atoms. The predicted octanol–water partition coefficient (Wildman–Crippen LogP) is 3.22. The van der Waals surface area contributed by atoms with Gasteiger partial charge in [-0.3, -0.25) is 9.36 Å². The van der Waals surface area contributed by atoms with Gasteiger partial charge in [0.05, 0.1) is 5.75 Å². The topological polar surface area (TPSA) is 67.8 Å². The average Bonchev–Trinajstić information content (AvgIpc) is 3.34. The summed E-state index contributed by atoms with van der Waals surface area (Å²) in [6.45, 7) is 2.17. The van der Waals surface area contributed by atoms with Crippen LogP contribution < -0.4 is 5.69 Å². The van der Waals surface area contributed by atoms with Crippen LogP contribution in [0.25, 0.3) is 0 Å². The van der Waals surface area contributed by atoms with Crippen molar-refractivity contribution in [3.05, 3.63) is 45.9 Å². The van der Waals surface area contributed by atoms with Crippen LogP contribution in [-0.2, 0) is 6.42 Å². The molecule has 23 heavy (non-hydrogen) atoms. The monoisotopic (exact) mass is 331 g/mol. The number of ketones is 1. The van der Waals surface area contributed by atoms with Crippen LogP contribution in [0.4, 0.5) is 0 Å². The number of carbonyl (C=O) groups is 1. The van der Waals surface area contributed by atoms with E-state index in [-0.39, 0.29) is 17.5 Å². The summed E-state index contributed by atoms with van der Waals surface area (Å²) < 4.78 is 1.67. The number of benzene rings is 1. The van der Waals surface area contributed by atoms with Crippen molar-refractivity contribution in [2.24, 2.45) is 0 Å². The molecule has 0 radical (unpaired) electrons. The number of hydrogen-bond acceptors (Lipinski definition) is 4. The van der Waals surface area contributed by atoms with Gasteiger partial charge in [-0.2, -0.15) is 0 Å². The Hall–Kier alpha value is -1.82. The van der Waals surface area contributed by atoms with E-state index in [0.717, 1.165) is 19.3 Å². The first-order valence-electron chi connectivity index (χ1n) is 8.11. The molecule has 3 rings (SSSR count). The third-order valence-corrected chi connectivity index (χ3v) is 4.96. The number of rotatable bonds is 8. The lowest BCUT2D eigenvalue weighted by atomic mass is 10.1. The summed E-state index contributed by atoms with van der Waals surface area (Å²) in [5, 5.41) is 7.12. The Labute approximate surface area is 139 Å². The number of carbonyl (C=O) groups excluding carboxylic acids is 1. The number of unbranched alkanes of at least 4 members (excludes halogenated alkanes) is 1. The zero-order chi connectivity index (χ0) is 16.2. The molecule has 5 nitrogen and oxygen atoms in total. The van der Waals surface area contributed by atoms with Crippen molar-refractivity contribution in [2.45, 2.75) is 50.2 Å². The number of hydrogen-bond donors (Lipinski definition) is 1. The summed E-state index contributed by atoms with van der Waals surface area (Å²) in [6.07, 6.45) is 5.42. The normalized spacial score (nSPS) is 14.1. The van der Waals surface area contributed by atoms with Gasteiger partial charge in [0.2, 0.25) is 0 Å². The zero-order valence-electron chi connectivity index (χ0n) is 13.2. The summed E-state index contributed by atoms with van der Waals surface area (Å²) in [4.78, 5) is 24.0. The second-order valence-electron chi connectivity index (χ2n) is 5.92. The van der Waals surface area contributed by atoms with Crippen LogP contribution in [0.5, 0.6) is 0 Å². The molecule has 122 valence electrons. The molecule has 1 fully saturated rings. The Balaban J connectivity index is 1.60. The standard InChI is InChI=1S/C17H21N3O2S/c1-2-3-4-12-5-7-13(8-6-12)15(21)11-23-17-19-18-16(22)20(17)14-9-10-14/h5-8,14H,2-4,9-11H2,1H3,(H,18,22). The van der Waals surface area contributed by atoms with E-state index in [1.807, 2.05) is 24.3 Å². The largest absolute Gasteiger partial charge is 0.344 e. The highest BCUT2D eigenvalue weighted by Gasteiger charge is 2.28. The average molecular weight is 331 g/mol. The van der Waals surface area contributed by atoms with Crippen LogP contribution in [0.3, 0.4) is 0 Å². The molecule has 1 aromatic heterocycles. The van der Waals surface area contributed by atoms with E-state index >= 15 is 0 Å². The fourth-order valence-corrected chi connectivity index (χ4v) is 3.41. The minimum absolute atomic E-state index is 0.0647. The van der Waals surface area contributed by atoms with Gasteiger partial charge in [-0.25, -0.2) is 9.89 Å². The summed E-state index contributed by atoms with van der Waals surface area (Å²) in [5.74, 6) is 0.362. The van der Waals surface area contributed by atoms with Crippen molar-refractivity contribution in [3.8, 4) is 0 Å². The van der Waals surface area contributed by atoms with E-state index < -0.39 is 0 Å². The smallest absolute Gasteiger partial charge is 0.293 e. The molecule has 1 aromatic carbocycles. The van der Waals surface area contributed by atoms with Crippen molar-refractivity contribution in [3.63, 3.8) is 0 Å². The predicted molar refractivity (Wildman–Crippen MR) is 91.2 cm³/mol. The van der Waals surface area contributed by atoms with Gasteiger partial charge in [-0.1, -0.05) is 49.4 Å². The van der Waals surface area contributed by atoms with Gasteiger partial charge in [0, 0.05) is 11.6 Å². The van der Waals surface area contributed by atoms with Crippen molar-refractivity contribution in [2.75, 3.05) is 5.75 Å². The van der Waals surface area contributed by atoms with Crippen LogP contribution in [-0.4, -0.2) is 26.3 Å². The third kappa shape index (κ3) is 3.93. The van der Waals surface area contributed by atoms with Crippen LogP contribution in [0, 0.1) is 0 Å². The summed E-state index contributed by atoms with van der Waals surface area (Å²) in [5.41, 5.74) is 1.81. The molecule has 1 heterocycles. The molecule has 0 unspecified atom stereocenters. The maximum absolute atomic E-state index is 12.3. The Bertz CT molecular complexity index is 729. The van der Waals surface area contributed by atoms with Crippen molar-refractivity contribution < 1.29 is 4.79 Å². The number of aromatic nitrogens is 3. The van der Waals surface area contributed by atoms with Gasteiger partial charge in [-0.05, 0) is 31.2 Å². The highest BCUT2D eigenvalue weighted by Crippen LogP contribution is 2.36. The van der Waals surface area contributed by atoms with Crippen LogP contribution in [0.2, 0.25) is 0 Å². The molecular formula is C17H21N3O2S. The van der Waals surface area contributed by atoms with Crippen LogP contribution in [0.15, 0.2) is 34.2 Å². The maximum atomic E-state index is 12.3. The van der Waals surface area contributed by atoms with E-state index in [0.29, 0.717) is 16.5 Å². The number of H-pyrrole nitrogens is 1. The Morgan fingerprint density at radius 3 is 2.74 bits per heavy atom. The van der Waals surface area contributed by atoms with Gasteiger partial charge in [0.1, 0.15) is 0 Å². The maximum Gasteiger partial charge on any atom is 0.344 e. The molecular weight excluding hydrogens is 310 g/mol. The van der Waals surface area contributed by atoms with E-state index in [2.05, 4.69) is 17.1 Å². The lowest BCUT2D eigenvalue weighted by molar-refractivity contribution is 0.102. The number of Topliss-reactive ketones (excluding diaryl/α,β-unsaturated/α-hetero) is 1. The van der Waals surface area contributed by atoms with Gasteiger partial charge < -0.3 is 0 Å². The third-order valence-electron chi connectivity index (χ3n) is 4.01. The molecule has 1 aliphatic carbocycles. The molecule has 0 bridgehead atoms. The molecule has 0 amide bonds. The number of nitrogens with one attached hydrogen (secondary N) is 1. The fourth-order valence-electron chi connectivity index (χ4n) is 2.50. The van der Waals surface area contributed by atoms with Crippen molar-refractivity contribution in [1.82, 2.24) is 14.8 Å². The number of aryl methyl sites for hydroxylation is 1. The molecule has 0 saturated heterocycles. The second-order valence-corrected chi connectivity index (χ2v) is 6.87. The minimum Gasteiger partial charge on any atom is -0.293 e. The molecule has 1 aliphatic rings. The van der Waals surface area contributed by atoms with Gasteiger partial charge in [0.15, 0.2) is 10.9 Å². The molecule has 1 saturated carbocycles. The summed E-state index contributed by atoms with van der Waals surface area (Å²) in [7, 11) is 0. The SMILES string of the molecule is CCCCc1ccc(C(=O)CSc2n[nH]c(=O)n2C2CC2)cc1. The van der Waals surface area contributed by atoms with Crippen LogP contribution in [0.1, 0.15) is 54.6 Å². The summed E-state index contributed by atoms with van der Waals surface area (Å²) in [6, 6.07) is 8.11. The molecule has 0 atom stereocenters. The van der Waals surface area contributed by atoms with Crippen LogP contribution >= 0.6 is 11.8 Å². The minimum atomic E-state index is -0.178. The first-order valence-corrected chi connectivity index (χ1v) is 9.09. The Kier molecular flexibility index (Phi) is 5.00. The highest BCUT2D eigenvalue weighted by molar-refractivity contribution is 7.99. The van der Waals surface area contributed by atoms with E-state index in [1.54, 1.807) is 4.57 Å². The van der Waals surface area contributed by atoms with Crippen molar-refractivity contribution >= 4 is 17.5 Å². The molecule has 1 N–H and O–H groups in total. The number of thioether (sulfide) groups is 1. The van der Waals surface area contributed by atoms with Gasteiger partial charge in [0.25, 0.3) is 0 Å². The fraction of sp³-hybridized carbons (Fsp3) is 0.471. The van der Waals surface area contributed by atoms with E-state index in [4.69, 9.17) is 0 Å². The Morgan fingerprint density at radius 2 is 2.09 bits per heavy atom. The number of nitrogens with zero attached hydrogens (tertiary/aromatic N) is 2. The first kappa shape index (κ1) is 16.1. The van der Waals surface area contributed by atoms with Crippen molar-refractivity contribution in [1.29, 1.82) is 0 Å². The number of aromatic amines is 1. The highest BCUT2D eigenvalue weighted by atomic mass is 32.2.